The fourth-order valence-corrected chi connectivity index (χ4v) is 3.20. The molecule has 2 unspecified atom stereocenters. The van der Waals surface area contributed by atoms with Gasteiger partial charge in [-0.15, -0.1) is 0 Å². The zero-order chi connectivity index (χ0) is 11.4. The highest BCUT2D eigenvalue weighted by Gasteiger charge is 2.30. The Balaban J connectivity index is 1.76. The summed E-state index contributed by atoms with van der Waals surface area (Å²) in [5.74, 6) is 2.24. The molecule has 4 nitrogen and oxygen atoms in total. The summed E-state index contributed by atoms with van der Waals surface area (Å²) in [6, 6.07) is 0. The lowest BCUT2D eigenvalue weighted by atomic mass is 9.75. The second-order valence-corrected chi connectivity index (χ2v) is 5.24. The average molecular weight is 225 g/mol. The average Bonchev–Trinajstić information content (AvgIpc) is 2.35. The first-order chi connectivity index (χ1) is 7.79. The molecule has 0 amide bonds. The van der Waals surface area contributed by atoms with Gasteiger partial charge >= 0.3 is 0 Å². The normalized spacial score (nSPS) is 32.4. The Hall–Kier alpha value is -0.770. The summed E-state index contributed by atoms with van der Waals surface area (Å²) in [5.41, 5.74) is 5.50. The predicted octanol–water partition coefficient (Wildman–Crippen LogP) is 1.63. The Labute approximate surface area is 97.5 Å². The van der Waals surface area contributed by atoms with Crippen LogP contribution in [0.5, 0.6) is 0 Å². The van der Waals surface area contributed by atoms with Crippen LogP contribution >= 0.6 is 0 Å². The summed E-state index contributed by atoms with van der Waals surface area (Å²) in [7, 11) is 0. The van der Waals surface area contributed by atoms with Crippen molar-refractivity contribution in [3.63, 3.8) is 0 Å². The number of amidine groups is 1. The van der Waals surface area contributed by atoms with Gasteiger partial charge in [0.05, 0.1) is 0 Å². The number of nitrogens with two attached hydrogens (primary N) is 1. The number of rotatable bonds is 3. The molecule has 0 spiro atoms. The number of hydrogen-bond donors (Lipinski definition) is 2. The van der Waals surface area contributed by atoms with E-state index in [-0.39, 0.29) is 0 Å². The minimum atomic E-state index is 0.353. The first-order valence-electron chi connectivity index (χ1n) is 6.48. The van der Waals surface area contributed by atoms with Crippen molar-refractivity contribution in [3.05, 3.63) is 0 Å². The fourth-order valence-electron chi connectivity index (χ4n) is 3.20. The Morgan fingerprint density at radius 1 is 1.25 bits per heavy atom. The van der Waals surface area contributed by atoms with Crippen LogP contribution in [0, 0.1) is 11.8 Å². The highest BCUT2D eigenvalue weighted by molar-refractivity contribution is 5.79. The summed E-state index contributed by atoms with van der Waals surface area (Å²) in [5, 5.41) is 11.5. The van der Waals surface area contributed by atoms with Crippen molar-refractivity contribution < 1.29 is 5.21 Å². The van der Waals surface area contributed by atoms with Crippen molar-refractivity contribution in [1.29, 1.82) is 0 Å². The first kappa shape index (κ1) is 11.7. The van der Waals surface area contributed by atoms with Gasteiger partial charge in [-0.3, -0.25) is 0 Å². The van der Waals surface area contributed by atoms with E-state index in [1.54, 1.807) is 0 Å². The van der Waals surface area contributed by atoms with E-state index in [0.29, 0.717) is 12.3 Å². The summed E-state index contributed by atoms with van der Waals surface area (Å²) in [4.78, 5) is 2.48. The highest BCUT2D eigenvalue weighted by atomic mass is 16.4. The van der Waals surface area contributed by atoms with Crippen LogP contribution < -0.4 is 5.73 Å². The van der Waals surface area contributed by atoms with E-state index in [1.165, 1.54) is 45.2 Å². The molecule has 0 radical (unpaired) electrons. The quantitative estimate of drug-likeness (QED) is 0.332. The second-order valence-electron chi connectivity index (χ2n) is 5.24. The van der Waals surface area contributed by atoms with Crippen LogP contribution in [0.15, 0.2) is 5.16 Å². The van der Waals surface area contributed by atoms with Crippen molar-refractivity contribution in [3.8, 4) is 0 Å². The van der Waals surface area contributed by atoms with E-state index in [1.807, 2.05) is 0 Å². The zero-order valence-electron chi connectivity index (χ0n) is 9.94. The summed E-state index contributed by atoms with van der Waals surface area (Å²) < 4.78 is 0. The van der Waals surface area contributed by atoms with Gasteiger partial charge in [-0.1, -0.05) is 24.4 Å². The lowest BCUT2D eigenvalue weighted by molar-refractivity contribution is 0.0887. The molecule has 4 heteroatoms. The Kier molecular flexibility index (Phi) is 4.04. The lowest BCUT2D eigenvalue weighted by Gasteiger charge is -2.41. The van der Waals surface area contributed by atoms with Crippen molar-refractivity contribution >= 4 is 5.84 Å². The van der Waals surface area contributed by atoms with Crippen LogP contribution in [0.2, 0.25) is 0 Å². The maximum absolute atomic E-state index is 8.50. The molecule has 0 aromatic carbocycles. The molecule has 1 aliphatic carbocycles. The van der Waals surface area contributed by atoms with Gasteiger partial charge in [0.1, 0.15) is 5.84 Å². The molecule has 92 valence electrons. The second kappa shape index (κ2) is 5.53. The minimum absolute atomic E-state index is 0.353. The number of fused-ring (bicyclic) bond motifs is 1. The Morgan fingerprint density at radius 2 is 2.00 bits per heavy atom. The maximum atomic E-state index is 8.50. The Morgan fingerprint density at radius 3 is 2.75 bits per heavy atom. The van der Waals surface area contributed by atoms with Gasteiger partial charge in [0.25, 0.3) is 0 Å². The maximum Gasteiger partial charge on any atom is 0.140 e. The van der Waals surface area contributed by atoms with Gasteiger partial charge in [0.2, 0.25) is 0 Å². The van der Waals surface area contributed by atoms with Crippen molar-refractivity contribution in [1.82, 2.24) is 4.90 Å². The molecule has 2 fully saturated rings. The van der Waals surface area contributed by atoms with E-state index in [2.05, 4.69) is 10.1 Å². The number of hydrogen-bond acceptors (Lipinski definition) is 3. The predicted molar refractivity (Wildman–Crippen MR) is 64.5 cm³/mol. The molecule has 0 aromatic rings. The molecule has 1 saturated carbocycles. The Bertz CT molecular complexity index is 255. The standard InChI is InChI=1S/C12H23N3O/c13-12(14-16)6-8-15-7-5-10-3-1-2-4-11(10)9-15/h10-11,16H,1-9H2,(H2,13,14). The van der Waals surface area contributed by atoms with E-state index in [4.69, 9.17) is 10.9 Å². The first-order valence-corrected chi connectivity index (χ1v) is 6.48. The van der Waals surface area contributed by atoms with Gasteiger partial charge in [-0.05, 0) is 31.2 Å². The van der Waals surface area contributed by atoms with Gasteiger partial charge in [-0.25, -0.2) is 0 Å². The van der Waals surface area contributed by atoms with Crippen molar-refractivity contribution in [2.24, 2.45) is 22.7 Å². The van der Waals surface area contributed by atoms with Crippen LogP contribution in [-0.2, 0) is 0 Å². The molecule has 1 heterocycles. The van der Waals surface area contributed by atoms with Crippen LogP contribution in [0.3, 0.4) is 0 Å². The SMILES string of the molecule is N/C(CCN1CCC2CCCCC2C1)=N\O. The molecule has 2 aliphatic rings. The lowest BCUT2D eigenvalue weighted by Crippen LogP contribution is -2.42. The van der Waals surface area contributed by atoms with Crippen LogP contribution in [0.25, 0.3) is 0 Å². The third kappa shape index (κ3) is 2.88. The molecule has 16 heavy (non-hydrogen) atoms. The van der Waals surface area contributed by atoms with Gasteiger partial charge in [-0.2, -0.15) is 0 Å². The minimum Gasteiger partial charge on any atom is -0.409 e. The van der Waals surface area contributed by atoms with E-state index >= 15 is 0 Å². The molecule has 0 aromatic heterocycles. The van der Waals surface area contributed by atoms with E-state index in [9.17, 15) is 0 Å². The number of piperidine rings is 1. The molecule has 1 saturated heterocycles. The smallest absolute Gasteiger partial charge is 0.140 e. The number of likely N-dealkylation sites (tertiary alicyclic amines) is 1. The molecular formula is C12H23N3O. The van der Waals surface area contributed by atoms with Crippen molar-refractivity contribution in [2.75, 3.05) is 19.6 Å². The summed E-state index contributed by atoms with van der Waals surface area (Å²) >= 11 is 0. The van der Waals surface area contributed by atoms with Gasteiger partial charge in [0.15, 0.2) is 0 Å². The summed E-state index contributed by atoms with van der Waals surface area (Å²) in [6.07, 6.45) is 7.73. The third-order valence-electron chi connectivity index (χ3n) is 4.19. The monoisotopic (exact) mass is 225 g/mol. The zero-order valence-corrected chi connectivity index (χ0v) is 9.94. The van der Waals surface area contributed by atoms with Crippen LogP contribution in [-0.4, -0.2) is 35.6 Å². The summed E-state index contributed by atoms with van der Waals surface area (Å²) in [6.45, 7) is 3.36. The largest absolute Gasteiger partial charge is 0.409 e. The number of oxime groups is 1. The van der Waals surface area contributed by atoms with E-state index < -0.39 is 0 Å². The third-order valence-corrected chi connectivity index (χ3v) is 4.19. The van der Waals surface area contributed by atoms with Crippen LogP contribution in [0.4, 0.5) is 0 Å². The molecule has 3 N–H and O–H groups in total. The van der Waals surface area contributed by atoms with Crippen LogP contribution in [0.1, 0.15) is 38.5 Å². The molecule has 2 atom stereocenters. The van der Waals surface area contributed by atoms with E-state index in [0.717, 1.165) is 18.4 Å². The molecular weight excluding hydrogens is 202 g/mol. The molecule has 1 aliphatic heterocycles. The highest BCUT2D eigenvalue weighted by Crippen LogP contribution is 2.35. The van der Waals surface area contributed by atoms with Gasteiger partial charge < -0.3 is 15.8 Å². The topological polar surface area (TPSA) is 61.8 Å². The molecule has 2 rings (SSSR count). The fraction of sp³-hybridized carbons (Fsp3) is 0.917. The van der Waals surface area contributed by atoms with Gasteiger partial charge in [0, 0.05) is 19.5 Å². The molecule has 0 bridgehead atoms. The van der Waals surface area contributed by atoms with Crippen molar-refractivity contribution in [2.45, 2.75) is 38.5 Å². The number of nitrogens with zero attached hydrogens (tertiary/aromatic N) is 2.